The van der Waals surface area contributed by atoms with Crippen molar-refractivity contribution in [3.8, 4) is 5.75 Å². The number of piperidine rings is 1. The molecule has 4 rings (SSSR count). The largest absolute Gasteiger partial charge is 0.497 e. The predicted octanol–water partition coefficient (Wildman–Crippen LogP) is 3.26. The average Bonchev–Trinajstić information content (AvgIpc) is 3.26. The van der Waals surface area contributed by atoms with Crippen LogP contribution in [0.1, 0.15) is 38.2 Å². The van der Waals surface area contributed by atoms with Crippen molar-refractivity contribution in [3.05, 3.63) is 46.5 Å². The maximum Gasteiger partial charge on any atom is 0.273 e. The summed E-state index contributed by atoms with van der Waals surface area (Å²) in [4.78, 5) is 48.9. The Hall–Kier alpha value is -3.07. The highest BCUT2D eigenvalue weighted by molar-refractivity contribution is 7.22. The fourth-order valence-electron chi connectivity index (χ4n) is 4.20. The van der Waals surface area contributed by atoms with Crippen molar-refractivity contribution < 1.29 is 14.3 Å². The number of methoxy groups -OCH3 is 1. The number of Topliss-reactive ketones (excluding diaryl/α,β-unsaturated/α-hetero) is 2. The minimum absolute atomic E-state index is 0.0181. The minimum atomic E-state index is -0.265. The molecule has 0 N–H and O–H groups in total. The third-order valence-electron chi connectivity index (χ3n) is 5.90. The number of thiazole rings is 1. The normalized spacial score (nSPS) is 16.2. The number of aromatic nitrogens is 3. The number of rotatable bonds is 9. The summed E-state index contributed by atoms with van der Waals surface area (Å²) in [7, 11) is 1.58. The molecular formula is C24H28N4O4S. The van der Waals surface area contributed by atoms with E-state index >= 15 is 0 Å². The monoisotopic (exact) mass is 468 g/mol. The summed E-state index contributed by atoms with van der Waals surface area (Å²) in [5.74, 6) is 0.918. The number of ketones is 2. The van der Waals surface area contributed by atoms with Crippen LogP contribution in [0.2, 0.25) is 0 Å². The lowest BCUT2D eigenvalue weighted by molar-refractivity contribution is -0.123. The van der Waals surface area contributed by atoms with Crippen molar-refractivity contribution >= 4 is 38.4 Å². The molecule has 0 spiro atoms. The highest BCUT2D eigenvalue weighted by Crippen LogP contribution is 2.30. The molecule has 0 bridgehead atoms. The van der Waals surface area contributed by atoms with Gasteiger partial charge < -0.3 is 9.64 Å². The third-order valence-corrected chi connectivity index (χ3v) is 6.99. The summed E-state index contributed by atoms with van der Waals surface area (Å²) in [6.07, 6.45) is 4.88. The molecule has 1 fully saturated rings. The number of carbonyl (C=O) groups excluding carboxylic acids is 2. The van der Waals surface area contributed by atoms with Gasteiger partial charge in [0.1, 0.15) is 22.6 Å². The van der Waals surface area contributed by atoms with Gasteiger partial charge in [-0.2, -0.15) is 4.98 Å². The predicted molar refractivity (Wildman–Crippen MR) is 128 cm³/mol. The van der Waals surface area contributed by atoms with E-state index < -0.39 is 0 Å². The molecule has 8 nitrogen and oxygen atoms in total. The first-order valence-corrected chi connectivity index (χ1v) is 12.1. The van der Waals surface area contributed by atoms with E-state index in [1.807, 2.05) is 31.2 Å². The molecule has 9 heteroatoms. The zero-order valence-electron chi connectivity index (χ0n) is 19.0. The maximum absolute atomic E-state index is 13.0. The first-order chi connectivity index (χ1) is 16.0. The zero-order valence-corrected chi connectivity index (χ0v) is 19.8. The lowest BCUT2D eigenvalue weighted by Gasteiger charge is -2.31. The van der Waals surface area contributed by atoms with Gasteiger partial charge in [-0.3, -0.25) is 19.0 Å². The molecule has 0 saturated carbocycles. The second kappa shape index (κ2) is 10.2. The number of nitrogens with zero attached hydrogens (tertiary/aromatic N) is 4. The highest BCUT2D eigenvalue weighted by Gasteiger charge is 2.27. The summed E-state index contributed by atoms with van der Waals surface area (Å²) in [5.41, 5.74) is 0.954. The number of anilines is 1. The smallest absolute Gasteiger partial charge is 0.273 e. The number of ether oxygens (including phenoxy) is 1. The van der Waals surface area contributed by atoms with E-state index in [0.29, 0.717) is 40.0 Å². The van der Waals surface area contributed by atoms with Crippen LogP contribution in [0.4, 0.5) is 5.13 Å². The molecule has 1 unspecified atom stereocenters. The Kier molecular flexibility index (Phi) is 7.17. The van der Waals surface area contributed by atoms with E-state index in [4.69, 9.17) is 4.74 Å². The number of hydrogen-bond donors (Lipinski definition) is 0. The van der Waals surface area contributed by atoms with Crippen molar-refractivity contribution in [2.75, 3.05) is 25.1 Å². The number of benzene rings is 1. The quantitative estimate of drug-likeness (QED) is 0.476. The van der Waals surface area contributed by atoms with Gasteiger partial charge in [-0.05, 0) is 37.0 Å². The van der Waals surface area contributed by atoms with Crippen molar-refractivity contribution in [1.82, 2.24) is 14.5 Å². The van der Waals surface area contributed by atoms with E-state index in [-0.39, 0.29) is 30.2 Å². The van der Waals surface area contributed by atoms with Crippen LogP contribution >= 0.6 is 11.3 Å². The van der Waals surface area contributed by atoms with Crippen molar-refractivity contribution in [2.45, 2.75) is 45.6 Å². The van der Waals surface area contributed by atoms with Crippen LogP contribution in [0, 0.1) is 5.92 Å². The van der Waals surface area contributed by atoms with Gasteiger partial charge in [0.25, 0.3) is 5.56 Å². The molecule has 0 amide bonds. The Labute approximate surface area is 196 Å². The zero-order chi connectivity index (χ0) is 23.4. The maximum atomic E-state index is 13.0. The Morgan fingerprint density at radius 3 is 2.94 bits per heavy atom. The van der Waals surface area contributed by atoms with E-state index in [0.717, 1.165) is 31.4 Å². The van der Waals surface area contributed by atoms with Crippen LogP contribution in [-0.2, 0) is 22.6 Å². The van der Waals surface area contributed by atoms with Crippen LogP contribution in [0.15, 0.2) is 35.4 Å². The Bertz CT molecular complexity index is 1220. The van der Waals surface area contributed by atoms with E-state index in [9.17, 15) is 14.4 Å². The Balaban J connectivity index is 1.49. The van der Waals surface area contributed by atoms with Crippen molar-refractivity contribution in [2.24, 2.45) is 5.92 Å². The van der Waals surface area contributed by atoms with Crippen LogP contribution < -0.4 is 15.2 Å². The summed E-state index contributed by atoms with van der Waals surface area (Å²) < 4.78 is 6.98. The van der Waals surface area contributed by atoms with E-state index in [1.165, 1.54) is 22.2 Å². The van der Waals surface area contributed by atoms with Gasteiger partial charge in [-0.25, -0.2) is 4.98 Å². The molecule has 1 aliphatic rings. The first kappa shape index (κ1) is 23.1. The molecule has 2 aromatic heterocycles. The lowest BCUT2D eigenvalue weighted by atomic mass is 9.92. The highest BCUT2D eigenvalue weighted by atomic mass is 32.1. The van der Waals surface area contributed by atoms with E-state index in [2.05, 4.69) is 14.9 Å². The van der Waals surface area contributed by atoms with Gasteiger partial charge in [0.15, 0.2) is 16.6 Å². The summed E-state index contributed by atoms with van der Waals surface area (Å²) in [6.45, 7) is 3.41. The first-order valence-electron chi connectivity index (χ1n) is 11.3. The molecular weight excluding hydrogens is 440 g/mol. The van der Waals surface area contributed by atoms with Crippen LogP contribution in [-0.4, -0.2) is 46.3 Å². The number of fused-ring (bicyclic) bond motifs is 1. The molecule has 1 aliphatic heterocycles. The van der Waals surface area contributed by atoms with Gasteiger partial charge in [-0.15, -0.1) is 0 Å². The van der Waals surface area contributed by atoms with Crippen LogP contribution in [0.3, 0.4) is 0 Å². The SMILES string of the molecule is CCCC(=O)C1CCCN(c2nc3ncn(CC(=O)Cc4cccc(OC)c4)c(=O)c3s2)C1. The van der Waals surface area contributed by atoms with Crippen molar-refractivity contribution in [1.29, 1.82) is 0 Å². The fraction of sp³-hybridized carbons (Fsp3) is 0.458. The summed E-state index contributed by atoms with van der Waals surface area (Å²) >= 11 is 1.29. The summed E-state index contributed by atoms with van der Waals surface area (Å²) in [5, 5.41) is 0.712. The van der Waals surface area contributed by atoms with Gasteiger partial charge in [0.2, 0.25) is 0 Å². The molecule has 0 radical (unpaired) electrons. The average molecular weight is 469 g/mol. The molecule has 0 aliphatic carbocycles. The second-order valence-corrected chi connectivity index (χ2v) is 9.37. The van der Waals surface area contributed by atoms with Crippen molar-refractivity contribution in [3.63, 3.8) is 0 Å². The Morgan fingerprint density at radius 1 is 1.30 bits per heavy atom. The topological polar surface area (TPSA) is 94.4 Å². The summed E-state index contributed by atoms with van der Waals surface area (Å²) in [6, 6.07) is 7.33. The Morgan fingerprint density at radius 2 is 2.15 bits per heavy atom. The molecule has 3 aromatic rings. The number of carbonyl (C=O) groups is 2. The van der Waals surface area contributed by atoms with Crippen LogP contribution in [0.5, 0.6) is 5.75 Å². The molecule has 33 heavy (non-hydrogen) atoms. The second-order valence-electron chi connectivity index (χ2n) is 8.40. The lowest BCUT2D eigenvalue weighted by Crippen LogP contribution is -2.38. The number of hydrogen-bond acceptors (Lipinski definition) is 8. The van der Waals surface area contributed by atoms with Gasteiger partial charge in [0.05, 0.1) is 13.7 Å². The molecule has 1 atom stereocenters. The van der Waals surface area contributed by atoms with Gasteiger partial charge in [-0.1, -0.05) is 30.4 Å². The molecule has 174 valence electrons. The van der Waals surface area contributed by atoms with Crippen LogP contribution in [0.25, 0.3) is 10.3 Å². The molecule has 3 heterocycles. The molecule has 1 aromatic carbocycles. The van der Waals surface area contributed by atoms with Gasteiger partial charge in [0, 0.05) is 31.8 Å². The minimum Gasteiger partial charge on any atom is -0.497 e. The standard InChI is InChI=1S/C24H28N4O4S/c1-3-6-20(30)17-8-5-10-27(13-17)24-26-22-21(33-24)23(31)28(15-25-22)14-18(29)11-16-7-4-9-19(12-16)32-2/h4,7,9,12,15,17H,3,5-6,8,10-11,13-14H2,1-2H3. The van der Waals surface area contributed by atoms with Gasteiger partial charge >= 0.3 is 0 Å². The fourth-order valence-corrected chi connectivity index (χ4v) is 5.21. The third kappa shape index (κ3) is 5.30. The molecule has 1 saturated heterocycles. The van der Waals surface area contributed by atoms with E-state index in [1.54, 1.807) is 7.11 Å².